The lowest BCUT2D eigenvalue weighted by Crippen LogP contribution is -2.49. The van der Waals surface area contributed by atoms with Crippen LogP contribution in [0.1, 0.15) is 165 Å². The minimum Gasteiger partial charge on any atom is -0.508 e. The number of aromatic hydroxyl groups is 2. The first-order valence-electron chi connectivity index (χ1n) is 23.3. The number of benzene rings is 2. The minimum absolute atomic E-state index is 0.0300. The summed E-state index contributed by atoms with van der Waals surface area (Å²) in [6.45, 7) is 15.6. The lowest BCUT2D eigenvalue weighted by Gasteiger charge is -2.41. The first kappa shape index (κ1) is 44.5. The average Bonchev–Trinajstić information content (AvgIpc) is 3.70. The van der Waals surface area contributed by atoms with Gasteiger partial charge in [-0.3, -0.25) is 19.3 Å². The van der Waals surface area contributed by atoms with Crippen molar-refractivity contribution in [2.24, 2.45) is 0 Å². The molecule has 2 aromatic carbocycles. The molecule has 6 rings (SSSR count). The Hall–Kier alpha value is -5.07. The number of ether oxygens (including phenoxy) is 3. The van der Waals surface area contributed by atoms with E-state index in [4.69, 9.17) is 17.0 Å². The number of aliphatic hydroxyl groups is 2. The molecule has 12 heteroatoms. The highest BCUT2D eigenvalue weighted by molar-refractivity contribution is 6.01. The Bertz CT molecular complexity index is 2290. The number of carbonyl (C=O) groups is 3. The highest BCUT2D eigenvalue weighted by Gasteiger charge is 2.46. The topological polar surface area (TPSA) is 166 Å². The molecule has 0 radical (unpaired) electrons. The summed E-state index contributed by atoms with van der Waals surface area (Å²) in [4.78, 5) is 42.4. The number of fused-ring (bicyclic) bond motifs is 6. The third-order valence-electron chi connectivity index (χ3n) is 13.1. The predicted molar refractivity (Wildman–Crippen MR) is 242 cm³/mol. The van der Waals surface area contributed by atoms with Gasteiger partial charge in [0.05, 0.1) is 36.4 Å². The van der Waals surface area contributed by atoms with Crippen molar-refractivity contribution in [2.45, 2.75) is 175 Å². The van der Waals surface area contributed by atoms with Gasteiger partial charge in [0.2, 0.25) is 0 Å². The Morgan fingerprint density at radius 2 is 1.24 bits per heavy atom. The molecule has 4 aliphatic rings. The molecule has 5 atom stereocenters. The molecule has 0 fully saturated rings. The van der Waals surface area contributed by atoms with E-state index in [9.17, 15) is 34.8 Å². The molecule has 0 saturated carbocycles. The fourth-order valence-corrected chi connectivity index (χ4v) is 9.06. The largest absolute Gasteiger partial charge is 0.508 e. The molecule has 4 aliphatic heterocycles. The maximum absolute atomic E-state index is 14.0. The molecular formula is C51H68N2O10. The zero-order valence-electron chi connectivity index (χ0n) is 40.3. The highest BCUT2D eigenvalue weighted by Crippen LogP contribution is 2.48. The number of phenols is 2. The molecule has 342 valence electrons. The SMILES string of the molecule is [2H]C([2H])(C[C@@H](OC=O)N1Cc2c(cc(O)c3c2O[C@@](C)(CC/C=C(\C)CCC=C(C)C)[C@@H](O)C3)C1=O)CN1Cc2c(cc(O)c3c2O[C@@](C)(CC/C=C(\C)CCC=C(C)C)[C@@H](O)C3)C1=O. The van der Waals surface area contributed by atoms with E-state index in [0.717, 1.165) is 25.7 Å². The van der Waals surface area contributed by atoms with Crippen molar-refractivity contribution in [1.29, 1.82) is 0 Å². The summed E-state index contributed by atoms with van der Waals surface area (Å²) in [5.74, 6) is -0.940. The van der Waals surface area contributed by atoms with Gasteiger partial charge in [0.15, 0.2) is 6.23 Å². The van der Waals surface area contributed by atoms with E-state index < -0.39 is 60.8 Å². The molecule has 0 unspecified atom stereocenters. The molecule has 2 aromatic rings. The number of carbonyl (C=O) groups excluding carboxylic acids is 3. The highest BCUT2D eigenvalue weighted by atomic mass is 16.5. The normalized spacial score (nSPS) is 24.0. The second-order valence-electron chi connectivity index (χ2n) is 18.8. The second-order valence-corrected chi connectivity index (χ2v) is 18.8. The fraction of sp³-hybridized carbons (Fsp3) is 0.549. The lowest BCUT2D eigenvalue weighted by atomic mass is 9.84. The molecule has 4 N–H and O–H groups in total. The van der Waals surface area contributed by atoms with Gasteiger partial charge in [0.1, 0.15) is 34.2 Å². The molecular weight excluding hydrogens is 801 g/mol. The molecule has 4 heterocycles. The van der Waals surface area contributed by atoms with Gasteiger partial charge in [0.25, 0.3) is 18.3 Å². The summed E-state index contributed by atoms with van der Waals surface area (Å²) in [5, 5.41) is 44.7. The van der Waals surface area contributed by atoms with E-state index in [1.165, 1.54) is 44.2 Å². The number of allylic oxidation sites excluding steroid dienone is 8. The number of phenolic OH excluding ortho intramolecular Hbond substituents is 2. The van der Waals surface area contributed by atoms with Gasteiger partial charge in [-0.1, -0.05) is 46.6 Å². The quantitative estimate of drug-likeness (QED) is 0.0791. The van der Waals surface area contributed by atoms with Gasteiger partial charge >= 0.3 is 0 Å². The summed E-state index contributed by atoms with van der Waals surface area (Å²) >= 11 is 0. The molecule has 0 saturated heterocycles. The van der Waals surface area contributed by atoms with Crippen LogP contribution in [0.25, 0.3) is 0 Å². The number of hydrogen-bond donors (Lipinski definition) is 4. The first-order valence-corrected chi connectivity index (χ1v) is 22.3. The van der Waals surface area contributed by atoms with Crippen molar-refractivity contribution in [3.63, 3.8) is 0 Å². The smallest absolute Gasteiger partial charge is 0.295 e. The van der Waals surface area contributed by atoms with Gasteiger partial charge in [-0.25, -0.2) is 0 Å². The molecule has 63 heavy (non-hydrogen) atoms. The minimum atomic E-state index is -2.21. The van der Waals surface area contributed by atoms with Crippen molar-refractivity contribution >= 4 is 18.3 Å². The van der Waals surface area contributed by atoms with Crippen LogP contribution in [0, 0.1) is 0 Å². The maximum Gasteiger partial charge on any atom is 0.295 e. The molecule has 2 amide bonds. The van der Waals surface area contributed by atoms with Crippen LogP contribution in [-0.2, 0) is 35.5 Å². The van der Waals surface area contributed by atoms with Crippen LogP contribution in [0.15, 0.2) is 58.7 Å². The van der Waals surface area contributed by atoms with Crippen LogP contribution < -0.4 is 9.47 Å². The summed E-state index contributed by atoms with van der Waals surface area (Å²) in [6, 6.07) is 2.66. The van der Waals surface area contributed by atoms with Crippen molar-refractivity contribution in [1.82, 2.24) is 9.80 Å². The van der Waals surface area contributed by atoms with Crippen LogP contribution in [-0.4, -0.2) is 84.7 Å². The van der Waals surface area contributed by atoms with Crippen LogP contribution in [0.2, 0.25) is 0 Å². The van der Waals surface area contributed by atoms with E-state index >= 15 is 0 Å². The Kier molecular flexibility index (Phi) is 14.0. The summed E-state index contributed by atoms with van der Waals surface area (Å²) in [5.41, 5.74) is 4.89. The van der Waals surface area contributed by atoms with Crippen molar-refractivity contribution in [3.8, 4) is 23.0 Å². The molecule has 0 bridgehead atoms. The van der Waals surface area contributed by atoms with E-state index in [-0.39, 0.29) is 60.8 Å². The van der Waals surface area contributed by atoms with Crippen molar-refractivity contribution < 1.29 is 51.8 Å². The summed E-state index contributed by atoms with van der Waals surface area (Å²) < 4.78 is 36.7. The zero-order valence-corrected chi connectivity index (χ0v) is 38.3. The van der Waals surface area contributed by atoms with Crippen LogP contribution >= 0.6 is 0 Å². The van der Waals surface area contributed by atoms with Gasteiger partial charge in [-0.2, -0.15) is 0 Å². The number of aliphatic hydroxyl groups excluding tert-OH is 2. The zero-order chi connectivity index (χ0) is 47.6. The van der Waals surface area contributed by atoms with Crippen LogP contribution in [0.3, 0.4) is 0 Å². The maximum atomic E-state index is 14.0. The molecule has 12 nitrogen and oxygen atoms in total. The fourth-order valence-electron chi connectivity index (χ4n) is 9.06. The first-order chi connectivity index (χ1) is 30.6. The summed E-state index contributed by atoms with van der Waals surface area (Å²) in [6.07, 6.45) is 8.88. The van der Waals surface area contributed by atoms with Crippen LogP contribution in [0.4, 0.5) is 0 Å². The number of hydrogen-bond acceptors (Lipinski definition) is 10. The van der Waals surface area contributed by atoms with Gasteiger partial charge in [0, 0.05) is 50.8 Å². The van der Waals surface area contributed by atoms with Crippen molar-refractivity contribution in [3.05, 3.63) is 92.1 Å². The monoisotopic (exact) mass is 870 g/mol. The van der Waals surface area contributed by atoms with E-state index in [1.54, 1.807) is 0 Å². The third-order valence-corrected chi connectivity index (χ3v) is 13.1. The number of rotatable bonds is 19. The summed E-state index contributed by atoms with van der Waals surface area (Å²) in [7, 11) is 0. The Labute approximate surface area is 375 Å². The average molecular weight is 871 g/mol. The lowest BCUT2D eigenvalue weighted by molar-refractivity contribution is -0.141. The van der Waals surface area contributed by atoms with E-state index in [0.29, 0.717) is 53.7 Å². The molecule has 0 aliphatic carbocycles. The predicted octanol–water partition coefficient (Wildman–Crippen LogP) is 9.04. The Morgan fingerprint density at radius 1 is 0.762 bits per heavy atom. The Morgan fingerprint density at radius 3 is 1.71 bits per heavy atom. The van der Waals surface area contributed by atoms with Crippen LogP contribution in [0.5, 0.6) is 23.0 Å². The van der Waals surface area contributed by atoms with Crippen molar-refractivity contribution in [2.75, 3.05) is 6.54 Å². The Balaban J connectivity index is 1.15. The van der Waals surface area contributed by atoms with E-state index in [2.05, 4.69) is 65.8 Å². The third kappa shape index (κ3) is 10.5. The number of amides is 2. The molecule has 0 aromatic heterocycles. The van der Waals surface area contributed by atoms with Gasteiger partial charge in [-0.05, 0) is 125 Å². The van der Waals surface area contributed by atoms with E-state index in [1.807, 2.05) is 13.8 Å². The van der Waals surface area contributed by atoms with Gasteiger partial charge in [-0.15, -0.1) is 0 Å². The second kappa shape index (κ2) is 19.8. The number of nitrogens with zero attached hydrogens (tertiary/aromatic N) is 2. The van der Waals surface area contributed by atoms with Gasteiger partial charge < -0.3 is 39.5 Å². The standard InChI is InChI=1S/C51H68N2O10/c1-31(2)14-9-16-33(5)18-11-21-50(7)43(57)26-37-41(55)24-35-39(46(37)62-50)28-52(48(35)59)23-13-20-45(61-30-54)53-29-40-36(49(53)60)25-42(56)38-27-44(58)51(8,63-47(38)40)22-12-19-34(6)17-10-15-32(3)4/h14-15,18-19,24-25,30,43-45,55-58H,9-13,16-17,20-23,26-29H2,1-8H3/b33-18+,34-19+/t43-,44-,45+,50-,51-/m0/s1/i13D2. The molecule has 0 spiro atoms.